The highest BCUT2D eigenvalue weighted by atomic mass is 32.1. The van der Waals surface area contributed by atoms with Crippen LogP contribution in [0.25, 0.3) is 21.6 Å². The summed E-state index contributed by atoms with van der Waals surface area (Å²) in [6.45, 7) is 7.97. The molecule has 2 aromatic heterocycles. The number of benzene rings is 2. The van der Waals surface area contributed by atoms with Crippen molar-refractivity contribution in [3.8, 4) is 27.3 Å². The molecule has 2 aliphatic rings. The first kappa shape index (κ1) is 38.5. The fraction of sp³-hybridized carbons (Fsp3) is 0.405. The molecule has 2 aromatic carbocycles. The van der Waals surface area contributed by atoms with Crippen LogP contribution in [0.4, 0.5) is 10.5 Å². The number of amides is 3. The Kier molecular flexibility index (Phi) is 12.0. The molecule has 3 N–H and O–H groups in total. The Morgan fingerprint density at radius 2 is 1.67 bits per heavy atom. The average Bonchev–Trinajstić information content (AvgIpc) is 3.52. The van der Waals surface area contributed by atoms with E-state index in [2.05, 4.69) is 27.0 Å². The van der Waals surface area contributed by atoms with Crippen molar-refractivity contribution < 1.29 is 33.4 Å². The summed E-state index contributed by atoms with van der Waals surface area (Å²) in [6.07, 6.45) is 7.62. The fourth-order valence-electron chi connectivity index (χ4n) is 6.90. The van der Waals surface area contributed by atoms with Crippen LogP contribution < -0.4 is 20.7 Å². The number of ether oxygens (including phenoxy) is 3. The number of nitrogens with zero attached hydrogens (tertiary/aromatic N) is 1. The number of methoxy groups -OCH3 is 1. The molecule has 0 saturated heterocycles. The highest BCUT2D eigenvalue weighted by molar-refractivity contribution is 7.13. The Morgan fingerprint density at radius 3 is 2.39 bits per heavy atom. The molecule has 12 heteroatoms. The van der Waals surface area contributed by atoms with E-state index in [-0.39, 0.29) is 35.4 Å². The topological polar surface area (TPSA) is 145 Å². The molecule has 0 bridgehead atoms. The maximum atomic E-state index is 14.4. The second-order valence-corrected chi connectivity index (χ2v) is 15.7. The zero-order chi connectivity index (χ0) is 38.4. The molecule has 1 fully saturated rings. The summed E-state index contributed by atoms with van der Waals surface area (Å²) in [5, 5.41) is 11.0. The van der Waals surface area contributed by atoms with Crippen LogP contribution in [0, 0.1) is 6.92 Å². The SMILES string of the molecule is COC(=O)c1nc(C(=O)NC2CCCCCCC2)ccc1-c1cc2c(cc1C(=O)Nc1ccc(CNC(=O)OC(C)(C)C)cc1C)-c1sccc1CCO2. The first-order valence-electron chi connectivity index (χ1n) is 18.6. The molecule has 0 atom stereocenters. The molecular weight excluding hydrogens is 705 g/mol. The van der Waals surface area contributed by atoms with E-state index in [1.807, 2.05) is 24.4 Å². The van der Waals surface area contributed by atoms with Gasteiger partial charge in [-0.1, -0.05) is 44.2 Å². The van der Waals surface area contributed by atoms with Crippen molar-refractivity contribution in [2.75, 3.05) is 19.0 Å². The van der Waals surface area contributed by atoms with Gasteiger partial charge in [-0.2, -0.15) is 0 Å². The number of thiophene rings is 1. The Balaban J connectivity index is 1.35. The van der Waals surface area contributed by atoms with Gasteiger partial charge in [-0.3, -0.25) is 9.59 Å². The number of nitrogens with one attached hydrogen (secondary N) is 3. The lowest BCUT2D eigenvalue weighted by Gasteiger charge is -2.21. The lowest BCUT2D eigenvalue weighted by atomic mass is 9.93. The van der Waals surface area contributed by atoms with Crippen molar-refractivity contribution in [1.82, 2.24) is 15.6 Å². The molecule has 3 amide bonds. The predicted molar refractivity (Wildman–Crippen MR) is 209 cm³/mol. The number of carbonyl (C=O) groups is 4. The molecule has 1 aliphatic heterocycles. The van der Waals surface area contributed by atoms with Gasteiger partial charge < -0.3 is 30.2 Å². The molecule has 0 radical (unpaired) electrons. The fourth-order valence-corrected chi connectivity index (χ4v) is 7.87. The van der Waals surface area contributed by atoms with E-state index in [9.17, 15) is 19.2 Å². The maximum Gasteiger partial charge on any atom is 0.407 e. The number of carbonyl (C=O) groups excluding carboxylic acids is 4. The van der Waals surface area contributed by atoms with Gasteiger partial charge in [0.2, 0.25) is 0 Å². The van der Waals surface area contributed by atoms with Crippen molar-refractivity contribution in [2.24, 2.45) is 0 Å². The molecule has 0 spiro atoms. The smallest absolute Gasteiger partial charge is 0.407 e. The number of hydrogen-bond donors (Lipinski definition) is 3. The quantitative estimate of drug-likeness (QED) is 0.152. The molecule has 284 valence electrons. The lowest BCUT2D eigenvalue weighted by molar-refractivity contribution is 0.0522. The van der Waals surface area contributed by atoms with Crippen LogP contribution in [0.5, 0.6) is 5.75 Å². The standard InChI is InChI=1S/C42H48N4O7S/c1-25-21-26(24-43-41(50)53-42(2,3)4)13-15-33(25)46-38(47)31-22-32-35(52-19-17-27-18-20-54-37(27)32)23-30(31)29-14-16-34(45-36(29)40(49)51-5)39(48)44-28-11-9-7-6-8-10-12-28/h13-16,18,20-23,28H,6-12,17,19,24H2,1-5H3,(H,43,50)(H,44,48)(H,46,47). The van der Waals surface area contributed by atoms with Gasteiger partial charge >= 0.3 is 12.1 Å². The monoisotopic (exact) mass is 752 g/mol. The number of alkyl carbamates (subject to hydrolysis) is 1. The summed E-state index contributed by atoms with van der Waals surface area (Å²) in [7, 11) is 1.26. The second kappa shape index (κ2) is 16.8. The van der Waals surface area contributed by atoms with Crippen molar-refractivity contribution in [2.45, 2.75) is 97.2 Å². The predicted octanol–water partition coefficient (Wildman–Crippen LogP) is 8.63. The summed E-state index contributed by atoms with van der Waals surface area (Å²) in [4.78, 5) is 59.0. The minimum Gasteiger partial charge on any atom is -0.493 e. The average molecular weight is 753 g/mol. The van der Waals surface area contributed by atoms with Gasteiger partial charge in [-0.25, -0.2) is 14.6 Å². The van der Waals surface area contributed by atoms with Crippen LogP contribution in [-0.2, 0) is 22.4 Å². The highest BCUT2D eigenvalue weighted by Crippen LogP contribution is 2.43. The molecular formula is C42H48N4O7S. The molecule has 1 saturated carbocycles. The normalized spacial score (nSPS) is 14.5. The lowest BCUT2D eigenvalue weighted by Crippen LogP contribution is -2.36. The summed E-state index contributed by atoms with van der Waals surface area (Å²) in [6, 6.07) is 14.4. The van der Waals surface area contributed by atoms with E-state index < -0.39 is 23.6 Å². The number of hydrogen-bond acceptors (Lipinski definition) is 9. The van der Waals surface area contributed by atoms with Gasteiger partial charge in [0.25, 0.3) is 11.8 Å². The third-order valence-electron chi connectivity index (χ3n) is 9.60. The number of aromatic nitrogens is 1. The summed E-state index contributed by atoms with van der Waals surface area (Å²) >= 11 is 1.57. The molecule has 0 unspecified atom stereocenters. The zero-order valence-corrected chi connectivity index (χ0v) is 32.4. The number of pyridine rings is 1. The van der Waals surface area contributed by atoms with Crippen molar-refractivity contribution in [1.29, 1.82) is 0 Å². The molecule has 3 heterocycles. The van der Waals surface area contributed by atoms with Crippen LogP contribution in [0.3, 0.4) is 0 Å². The zero-order valence-electron chi connectivity index (χ0n) is 31.6. The molecule has 11 nitrogen and oxygen atoms in total. The molecule has 1 aliphatic carbocycles. The minimum absolute atomic E-state index is 0.0405. The highest BCUT2D eigenvalue weighted by Gasteiger charge is 2.28. The summed E-state index contributed by atoms with van der Waals surface area (Å²) in [5.74, 6) is -0.937. The third kappa shape index (κ3) is 9.28. The van der Waals surface area contributed by atoms with Crippen LogP contribution in [0.15, 0.2) is 53.9 Å². The second-order valence-electron chi connectivity index (χ2n) is 14.8. The summed E-state index contributed by atoms with van der Waals surface area (Å²) < 4.78 is 16.7. The molecule has 54 heavy (non-hydrogen) atoms. The number of anilines is 1. The van der Waals surface area contributed by atoms with E-state index in [0.29, 0.717) is 35.6 Å². The van der Waals surface area contributed by atoms with Crippen molar-refractivity contribution in [3.63, 3.8) is 0 Å². The van der Waals surface area contributed by atoms with E-state index in [1.165, 1.54) is 13.5 Å². The van der Waals surface area contributed by atoms with E-state index in [4.69, 9.17) is 14.2 Å². The Hall–Kier alpha value is -5.23. The molecule has 6 rings (SSSR count). The van der Waals surface area contributed by atoms with Gasteiger partial charge in [0.1, 0.15) is 17.0 Å². The van der Waals surface area contributed by atoms with Gasteiger partial charge in [-0.15, -0.1) is 11.3 Å². The summed E-state index contributed by atoms with van der Waals surface area (Å²) in [5.41, 5.74) is 4.50. The van der Waals surface area contributed by atoms with Crippen LogP contribution in [-0.4, -0.2) is 54.2 Å². The number of aryl methyl sites for hydroxylation is 1. The van der Waals surface area contributed by atoms with Crippen LogP contribution in [0.2, 0.25) is 0 Å². The maximum absolute atomic E-state index is 14.4. The number of rotatable bonds is 8. The minimum atomic E-state index is -0.736. The third-order valence-corrected chi connectivity index (χ3v) is 10.6. The first-order valence-corrected chi connectivity index (χ1v) is 19.4. The molecule has 4 aromatic rings. The number of esters is 1. The Morgan fingerprint density at radius 1 is 0.907 bits per heavy atom. The van der Waals surface area contributed by atoms with Crippen LogP contribution in [0.1, 0.15) is 114 Å². The Labute approximate surface area is 320 Å². The van der Waals surface area contributed by atoms with E-state index in [0.717, 1.165) is 65.7 Å². The largest absolute Gasteiger partial charge is 0.493 e. The van der Waals surface area contributed by atoms with E-state index in [1.54, 1.807) is 62.4 Å². The Bertz CT molecular complexity index is 2040. The van der Waals surface area contributed by atoms with Gasteiger partial charge in [-0.05, 0) is 99.0 Å². The first-order chi connectivity index (χ1) is 25.9. The van der Waals surface area contributed by atoms with Gasteiger partial charge in [0, 0.05) is 51.8 Å². The van der Waals surface area contributed by atoms with Gasteiger partial charge in [0.15, 0.2) is 5.69 Å². The number of fused-ring (bicyclic) bond motifs is 3. The van der Waals surface area contributed by atoms with Gasteiger partial charge in [0.05, 0.1) is 13.7 Å². The van der Waals surface area contributed by atoms with Crippen molar-refractivity contribution in [3.05, 3.63) is 87.6 Å². The van der Waals surface area contributed by atoms with Crippen molar-refractivity contribution >= 4 is 40.9 Å². The van der Waals surface area contributed by atoms with E-state index >= 15 is 0 Å². The van der Waals surface area contributed by atoms with Crippen LogP contribution >= 0.6 is 11.3 Å².